The third-order valence-electron chi connectivity index (χ3n) is 3.25. The zero-order valence-electron chi connectivity index (χ0n) is 12.7. The van der Waals surface area contributed by atoms with E-state index >= 15 is 0 Å². The van der Waals surface area contributed by atoms with Crippen molar-refractivity contribution in [2.24, 2.45) is 10.9 Å². The molecule has 0 aromatic rings. The van der Waals surface area contributed by atoms with Crippen LogP contribution in [-0.2, 0) is 9.59 Å². The normalized spacial score (nSPS) is 16.8. The van der Waals surface area contributed by atoms with E-state index in [1.807, 2.05) is 0 Å². The van der Waals surface area contributed by atoms with Gasteiger partial charge in [0.25, 0.3) is 0 Å². The van der Waals surface area contributed by atoms with Gasteiger partial charge in [0.15, 0.2) is 5.96 Å². The minimum Gasteiger partial charge on any atom is -0.356 e. The maximum atomic E-state index is 11.6. The molecule has 114 valence electrons. The molecule has 1 aliphatic heterocycles. The summed E-state index contributed by atoms with van der Waals surface area (Å²) in [5.41, 5.74) is 0. The van der Waals surface area contributed by atoms with Gasteiger partial charge in [-0.1, -0.05) is 13.8 Å². The number of carbonyl (C=O) groups is 2. The van der Waals surface area contributed by atoms with Gasteiger partial charge in [0, 0.05) is 39.5 Å². The summed E-state index contributed by atoms with van der Waals surface area (Å²) < 4.78 is 0. The summed E-state index contributed by atoms with van der Waals surface area (Å²) in [7, 11) is 1.71. The fraction of sp³-hybridized carbons (Fsp3) is 0.786. The molecule has 6 heteroatoms. The second kappa shape index (κ2) is 8.55. The third kappa shape index (κ3) is 5.59. The van der Waals surface area contributed by atoms with Crippen molar-refractivity contribution in [1.29, 1.82) is 0 Å². The maximum Gasteiger partial charge on any atom is 0.229 e. The van der Waals surface area contributed by atoms with E-state index in [0.717, 1.165) is 13.0 Å². The summed E-state index contributed by atoms with van der Waals surface area (Å²) in [4.78, 5) is 28.7. The fourth-order valence-electron chi connectivity index (χ4n) is 2.04. The average molecular weight is 282 g/mol. The molecule has 1 fully saturated rings. The van der Waals surface area contributed by atoms with Crippen LogP contribution >= 0.6 is 0 Å². The van der Waals surface area contributed by atoms with E-state index in [2.05, 4.69) is 29.5 Å². The topological polar surface area (TPSA) is 73.8 Å². The number of nitrogens with one attached hydrogen (secondary N) is 2. The molecule has 6 nitrogen and oxygen atoms in total. The molecule has 1 rings (SSSR count). The number of guanidine groups is 1. The lowest BCUT2D eigenvalue weighted by Crippen LogP contribution is -2.46. The molecule has 0 aromatic carbocycles. The van der Waals surface area contributed by atoms with E-state index in [4.69, 9.17) is 0 Å². The number of imide groups is 1. The highest BCUT2D eigenvalue weighted by Crippen LogP contribution is 2.11. The van der Waals surface area contributed by atoms with Gasteiger partial charge in [-0.3, -0.25) is 19.5 Å². The molecule has 1 saturated heterocycles. The Kier molecular flexibility index (Phi) is 7.04. The first-order chi connectivity index (χ1) is 9.54. The van der Waals surface area contributed by atoms with Crippen LogP contribution in [0.1, 0.15) is 39.5 Å². The highest BCUT2D eigenvalue weighted by atomic mass is 16.2. The first kappa shape index (κ1) is 16.5. The number of rotatable bonds is 6. The van der Waals surface area contributed by atoms with Gasteiger partial charge in [0.05, 0.1) is 0 Å². The van der Waals surface area contributed by atoms with Gasteiger partial charge in [0.1, 0.15) is 0 Å². The molecule has 0 aliphatic carbocycles. The molecular weight excluding hydrogens is 256 g/mol. The summed E-state index contributed by atoms with van der Waals surface area (Å²) in [6, 6.07) is 0. The van der Waals surface area contributed by atoms with Crippen LogP contribution in [0.3, 0.4) is 0 Å². The van der Waals surface area contributed by atoms with E-state index in [0.29, 0.717) is 44.2 Å². The van der Waals surface area contributed by atoms with Gasteiger partial charge in [0.2, 0.25) is 11.8 Å². The molecule has 2 N–H and O–H groups in total. The molecule has 0 unspecified atom stereocenters. The van der Waals surface area contributed by atoms with Gasteiger partial charge < -0.3 is 10.6 Å². The van der Waals surface area contributed by atoms with Crippen molar-refractivity contribution < 1.29 is 9.59 Å². The second-order valence-electron chi connectivity index (χ2n) is 5.40. The van der Waals surface area contributed by atoms with E-state index < -0.39 is 0 Å². The molecule has 0 saturated carbocycles. The molecule has 0 aromatic heterocycles. The Balaban J connectivity index is 2.27. The monoisotopic (exact) mass is 282 g/mol. The SMILES string of the molecule is CN=C(NCCC(C)C)NCCN1C(=O)CCCC1=O. The molecule has 2 amide bonds. The number of likely N-dealkylation sites (tertiary alicyclic amines) is 1. The Bertz CT molecular complexity index is 350. The number of aliphatic imine (C=N–C) groups is 1. The molecule has 0 bridgehead atoms. The van der Waals surface area contributed by atoms with Crippen LogP contribution in [0.4, 0.5) is 0 Å². The van der Waals surface area contributed by atoms with Gasteiger partial charge in [-0.05, 0) is 18.8 Å². The van der Waals surface area contributed by atoms with E-state index in [9.17, 15) is 9.59 Å². The Morgan fingerprint density at radius 3 is 2.35 bits per heavy atom. The molecule has 0 atom stereocenters. The first-order valence-corrected chi connectivity index (χ1v) is 7.32. The summed E-state index contributed by atoms with van der Waals surface area (Å²) in [5.74, 6) is 1.23. The van der Waals surface area contributed by atoms with Crippen LogP contribution in [0.15, 0.2) is 4.99 Å². The van der Waals surface area contributed by atoms with Crippen LogP contribution in [0, 0.1) is 5.92 Å². The van der Waals surface area contributed by atoms with Gasteiger partial charge in [-0.25, -0.2) is 0 Å². The number of piperidine rings is 1. The Morgan fingerprint density at radius 1 is 1.20 bits per heavy atom. The van der Waals surface area contributed by atoms with Crippen molar-refractivity contribution in [3.05, 3.63) is 0 Å². The van der Waals surface area contributed by atoms with E-state index in [-0.39, 0.29) is 11.8 Å². The van der Waals surface area contributed by atoms with Gasteiger partial charge in [-0.2, -0.15) is 0 Å². The Morgan fingerprint density at radius 2 is 1.80 bits per heavy atom. The molecule has 0 spiro atoms. The second-order valence-corrected chi connectivity index (χ2v) is 5.40. The van der Waals surface area contributed by atoms with Crippen LogP contribution in [0.25, 0.3) is 0 Å². The van der Waals surface area contributed by atoms with Crippen molar-refractivity contribution in [2.75, 3.05) is 26.7 Å². The van der Waals surface area contributed by atoms with Crippen LogP contribution < -0.4 is 10.6 Å². The summed E-state index contributed by atoms with van der Waals surface area (Å²) >= 11 is 0. The number of amides is 2. The zero-order chi connectivity index (χ0) is 15.0. The van der Waals surface area contributed by atoms with E-state index in [1.54, 1.807) is 7.05 Å². The van der Waals surface area contributed by atoms with E-state index in [1.165, 1.54) is 4.90 Å². The van der Waals surface area contributed by atoms with Gasteiger partial charge in [-0.15, -0.1) is 0 Å². The number of hydrogen-bond acceptors (Lipinski definition) is 3. The zero-order valence-corrected chi connectivity index (χ0v) is 12.7. The molecular formula is C14H26N4O2. The quantitative estimate of drug-likeness (QED) is 0.428. The van der Waals surface area contributed by atoms with Gasteiger partial charge >= 0.3 is 0 Å². The van der Waals surface area contributed by atoms with Crippen molar-refractivity contribution in [3.8, 4) is 0 Å². The smallest absolute Gasteiger partial charge is 0.229 e. The first-order valence-electron chi connectivity index (χ1n) is 7.32. The van der Waals surface area contributed by atoms with Crippen molar-refractivity contribution in [2.45, 2.75) is 39.5 Å². The average Bonchev–Trinajstić information content (AvgIpc) is 2.39. The number of carbonyl (C=O) groups excluding carboxylic acids is 2. The lowest BCUT2D eigenvalue weighted by molar-refractivity contribution is -0.147. The van der Waals surface area contributed by atoms with Crippen molar-refractivity contribution >= 4 is 17.8 Å². The summed E-state index contributed by atoms with van der Waals surface area (Å²) in [6.07, 6.45) is 2.71. The van der Waals surface area contributed by atoms with Crippen molar-refractivity contribution in [3.63, 3.8) is 0 Å². The molecule has 1 aliphatic rings. The predicted molar refractivity (Wildman–Crippen MR) is 79.4 cm³/mol. The van der Waals surface area contributed by atoms with Crippen LogP contribution in [-0.4, -0.2) is 49.4 Å². The minimum absolute atomic E-state index is 0.0641. The third-order valence-corrected chi connectivity index (χ3v) is 3.25. The van der Waals surface area contributed by atoms with Crippen molar-refractivity contribution in [1.82, 2.24) is 15.5 Å². The number of hydrogen-bond donors (Lipinski definition) is 2. The fourth-order valence-corrected chi connectivity index (χ4v) is 2.04. The molecule has 1 heterocycles. The standard InChI is InChI=1S/C14H26N4O2/c1-11(2)7-8-16-14(15-3)17-9-10-18-12(19)5-4-6-13(18)20/h11H,4-10H2,1-3H3,(H2,15,16,17). The highest BCUT2D eigenvalue weighted by molar-refractivity contribution is 5.97. The lowest BCUT2D eigenvalue weighted by atomic mass is 10.1. The Labute approximate surface area is 121 Å². The lowest BCUT2D eigenvalue weighted by Gasteiger charge is -2.25. The Hall–Kier alpha value is -1.59. The molecule has 20 heavy (non-hydrogen) atoms. The predicted octanol–water partition coefficient (Wildman–Crippen LogP) is 0.737. The maximum absolute atomic E-state index is 11.6. The summed E-state index contributed by atoms with van der Waals surface area (Å²) in [5, 5.41) is 6.34. The van der Waals surface area contributed by atoms with Crippen LogP contribution in [0.5, 0.6) is 0 Å². The highest BCUT2D eigenvalue weighted by Gasteiger charge is 2.25. The minimum atomic E-state index is -0.0641. The number of nitrogens with zero attached hydrogens (tertiary/aromatic N) is 2. The summed E-state index contributed by atoms with van der Waals surface area (Å²) in [6.45, 7) is 6.14. The van der Waals surface area contributed by atoms with Crippen LogP contribution in [0.2, 0.25) is 0 Å². The molecule has 0 radical (unpaired) electrons. The largest absolute Gasteiger partial charge is 0.356 e.